The number of hydrogen-bond acceptors (Lipinski definition) is 3. The average Bonchev–Trinajstić information content (AvgIpc) is 2.94. The predicted octanol–water partition coefficient (Wildman–Crippen LogP) is 4.27. The first kappa shape index (κ1) is 14.6. The topological polar surface area (TPSA) is 57.8 Å². The van der Waals surface area contributed by atoms with Crippen molar-refractivity contribution in [3.8, 4) is 11.3 Å². The van der Waals surface area contributed by atoms with Crippen LogP contribution in [0.5, 0.6) is 0 Å². The molecule has 3 aromatic rings. The SMILES string of the molecule is CC(=O)Nc1nc2[nH]c(-c3ccccc3C(F)(F)F)cc2s1. The zero-order valence-electron chi connectivity index (χ0n) is 11.3. The van der Waals surface area contributed by atoms with Gasteiger partial charge >= 0.3 is 6.18 Å². The van der Waals surface area contributed by atoms with E-state index in [0.717, 1.165) is 6.07 Å². The van der Waals surface area contributed by atoms with Crippen LogP contribution in [-0.2, 0) is 11.0 Å². The Hall–Kier alpha value is -2.35. The minimum atomic E-state index is -4.43. The van der Waals surface area contributed by atoms with Gasteiger partial charge in [-0.3, -0.25) is 4.79 Å². The molecule has 1 amide bonds. The average molecular weight is 325 g/mol. The largest absolute Gasteiger partial charge is 0.417 e. The van der Waals surface area contributed by atoms with Gasteiger partial charge in [-0.2, -0.15) is 13.2 Å². The number of nitrogens with zero attached hydrogens (tertiary/aromatic N) is 1. The number of benzene rings is 1. The second kappa shape index (κ2) is 5.13. The number of carbonyl (C=O) groups is 1. The minimum absolute atomic E-state index is 0.0706. The smallest absolute Gasteiger partial charge is 0.338 e. The van der Waals surface area contributed by atoms with Crippen LogP contribution in [0.1, 0.15) is 12.5 Å². The van der Waals surface area contributed by atoms with E-state index in [0.29, 0.717) is 21.2 Å². The van der Waals surface area contributed by atoms with Crippen molar-refractivity contribution in [3.63, 3.8) is 0 Å². The molecule has 0 fully saturated rings. The number of rotatable bonds is 2. The van der Waals surface area contributed by atoms with E-state index in [1.165, 1.54) is 30.4 Å². The molecule has 2 heterocycles. The van der Waals surface area contributed by atoms with Crippen LogP contribution in [0.25, 0.3) is 21.6 Å². The van der Waals surface area contributed by atoms with Crippen LogP contribution in [0.15, 0.2) is 30.3 Å². The molecule has 0 unspecified atom stereocenters. The van der Waals surface area contributed by atoms with Crippen LogP contribution in [-0.4, -0.2) is 15.9 Å². The molecule has 3 rings (SSSR count). The molecule has 8 heteroatoms. The molecule has 0 spiro atoms. The summed E-state index contributed by atoms with van der Waals surface area (Å²) in [5.41, 5.74) is 0.157. The number of nitrogens with one attached hydrogen (secondary N) is 2. The Morgan fingerprint density at radius 3 is 2.68 bits per heavy atom. The maximum absolute atomic E-state index is 13.0. The highest BCUT2D eigenvalue weighted by Crippen LogP contribution is 2.38. The molecule has 2 aromatic heterocycles. The van der Waals surface area contributed by atoms with Crippen molar-refractivity contribution in [1.82, 2.24) is 9.97 Å². The number of amides is 1. The fourth-order valence-corrected chi connectivity index (χ4v) is 3.04. The number of carbonyl (C=O) groups excluding carboxylic acids is 1. The van der Waals surface area contributed by atoms with Gasteiger partial charge in [-0.05, 0) is 12.1 Å². The molecule has 4 nitrogen and oxygen atoms in total. The van der Waals surface area contributed by atoms with Gasteiger partial charge in [0.05, 0.1) is 10.3 Å². The normalized spacial score (nSPS) is 11.8. The Morgan fingerprint density at radius 1 is 1.32 bits per heavy atom. The zero-order chi connectivity index (χ0) is 15.9. The molecule has 0 saturated heterocycles. The van der Waals surface area contributed by atoms with E-state index in [1.807, 2.05) is 0 Å². The molecular formula is C14H10F3N3OS. The number of halogens is 3. The third-order valence-electron chi connectivity index (χ3n) is 2.99. The number of alkyl halides is 3. The zero-order valence-corrected chi connectivity index (χ0v) is 12.1. The number of thiazole rings is 1. The molecule has 0 saturated carbocycles. The standard InChI is InChI=1S/C14H10F3N3OS/c1-7(21)18-13-20-12-11(22-13)6-10(19-12)8-4-2-3-5-9(8)14(15,16)17/h2-6,19H,1H3,(H,18,20,21). The molecule has 0 aliphatic heterocycles. The van der Waals surface area contributed by atoms with E-state index in [1.54, 1.807) is 12.1 Å². The summed E-state index contributed by atoms with van der Waals surface area (Å²) in [5.74, 6) is -0.251. The number of aromatic nitrogens is 2. The van der Waals surface area contributed by atoms with Crippen molar-refractivity contribution in [1.29, 1.82) is 0 Å². The lowest BCUT2D eigenvalue weighted by Gasteiger charge is -2.11. The predicted molar refractivity (Wildman–Crippen MR) is 78.7 cm³/mol. The number of anilines is 1. The van der Waals surface area contributed by atoms with Crippen molar-refractivity contribution in [2.45, 2.75) is 13.1 Å². The highest BCUT2D eigenvalue weighted by Gasteiger charge is 2.33. The maximum atomic E-state index is 13.0. The van der Waals surface area contributed by atoms with Crippen molar-refractivity contribution >= 4 is 32.7 Å². The lowest BCUT2D eigenvalue weighted by molar-refractivity contribution is -0.137. The first-order valence-electron chi connectivity index (χ1n) is 6.28. The van der Waals surface area contributed by atoms with Gasteiger partial charge in [0, 0.05) is 18.2 Å². The van der Waals surface area contributed by atoms with Gasteiger partial charge in [-0.1, -0.05) is 29.5 Å². The summed E-state index contributed by atoms with van der Waals surface area (Å²) in [5, 5.41) is 2.95. The molecule has 0 aliphatic carbocycles. The quantitative estimate of drug-likeness (QED) is 0.739. The maximum Gasteiger partial charge on any atom is 0.417 e. The molecule has 0 radical (unpaired) electrons. The summed E-state index contributed by atoms with van der Waals surface area (Å²) in [6, 6.07) is 6.96. The summed E-state index contributed by atoms with van der Waals surface area (Å²) in [4.78, 5) is 18.0. The van der Waals surface area contributed by atoms with Gasteiger partial charge in [0.1, 0.15) is 0 Å². The molecule has 22 heavy (non-hydrogen) atoms. The van der Waals surface area contributed by atoms with Crippen molar-refractivity contribution < 1.29 is 18.0 Å². The van der Waals surface area contributed by atoms with Crippen LogP contribution in [0.2, 0.25) is 0 Å². The van der Waals surface area contributed by atoms with Gasteiger partial charge in [0.15, 0.2) is 10.8 Å². The summed E-state index contributed by atoms with van der Waals surface area (Å²) < 4.78 is 39.8. The lowest BCUT2D eigenvalue weighted by atomic mass is 10.0. The van der Waals surface area contributed by atoms with Crippen LogP contribution in [0, 0.1) is 0 Å². The van der Waals surface area contributed by atoms with Crippen molar-refractivity contribution in [3.05, 3.63) is 35.9 Å². The molecule has 0 atom stereocenters. The second-order valence-electron chi connectivity index (χ2n) is 4.64. The van der Waals surface area contributed by atoms with E-state index >= 15 is 0 Å². The first-order valence-corrected chi connectivity index (χ1v) is 7.10. The Kier molecular flexibility index (Phi) is 3.40. The van der Waals surface area contributed by atoms with Gasteiger partial charge in [-0.15, -0.1) is 0 Å². The van der Waals surface area contributed by atoms with Gasteiger partial charge < -0.3 is 10.3 Å². The van der Waals surface area contributed by atoms with Gasteiger partial charge in [-0.25, -0.2) is 4.98 Å². The van der Waals surface area contributed by atoms with Gasteiger partial charge in [0.2, 0.25) is 5.91 Å². The highest BCUT2D eigenvalue weighted by atomic mass is 32.1. The van der Waals surface area contributed by atoms with E-state index in [9.17, 15) is 18.0 Å². The fourth-order valence-electron chi connectivity index (χ4n) is 2.13. The number of aromatic amines is 1. The van der Waals surface area contributed by atoms with Gasteiger partial charge in [0.25, 0.3) is 0 Å². The Balaban J connectivity index is 2.05. The van der Waals surface area contributed by atoms with Crippen LogP contribution >= 0.6 is 11.3 Å². The number of H-pyrrole nitrogens is 1. The fraction of sp³-hybridized carbons (Fsp3) is 0.143. The highest BCUT2D eigenvalue weighted by molar-refractivity contribution is 7.22. The molecule has 0 aliphatic rings. The first-order chi connectivity index (χ1) is 10.3. The van der Waals surface area contributed by atoms with Crippen LogP contribution < -0.4 is 5.32 Å². The Morgan fingerprint density at radius 2 is 2.05 bits per heavy atom. The molecule has 1 aromatic carbocycles. The minimum Gasteiger partial charge on any atom is -0.338 e. The van der Waals surface area contributed by atoms with Crippen molar-refractivity contribution in [2.75, 3.05) is 5.32 Å². The van der Waals surface area contributed by atoms with E-state index in [-0.39, 0.29) is 11.5 Å². The summed E-state index contributed by atoms with van der Waals surface area (Å²) in [6.45, 7) is 1.36. The monoisotopic (exact) mass is 325 g/mol. The molecule has 2 N–H and O–H groups in total. The van der Waals surface area contributed by atoms with Crippen LogP contribution in [0.4, 0.5) is 18.3 Å². The summed E-state index contributed by atoms with van der Waals surface area (Å²) in [7, 11) is 0. The number of fused-ring (bicyclic) bond motifs is 1. The Labute approximate surface area is 127 Å². The summed E-state index contributed by atoms with van der Waals surface area (Å²) in [6.07, 6.45) is -4.43. The number of hydrogen-bond donors (Lipinski definition) is 2. The van der Waals surface area contributed by atoms with E-state index in [2.05, 4.69) is 15.3 Å². The lowest BCUT2D eigenvalue weighted by Crippen LogP contribution is -2.07. The second-order valence-corrected chi connectivity index (χ2v) is 5.67. The van der Waals surface area contributed by atoms with E-state index in [4.69, 9.17) is 0 Å². The molecule has 0 bridgehead atoms. The third kappa shape index (κ3) is 2.69. The van der Waals surface area contributed by atoms with Crippen molar-refractivity contribution in [2.24, 2.45) is 0 Å². The Bertz CT molecular complexity index is 819. The molecular weight excluding hydrogens is 315 g/mol. The van der Waals surface area contributed by atoms with E-state index < -0.39 is 11.7 Å². The van der Waals surface area contributed by atoms with Crippen LogP contribution in [0.3, 0.4) is 0 Å². The summed E-state index contributed by atoms with van der Waals surface area (Å²) >= 11 is 1.20. The third-order valence-corrected chi connectivity index (χ3v) is 3.91. The molecule has 114 valence electrons.